The molecule has 1 N–H and O–H groups in total. The highest BCUT2D eigenvalue weighted by Crippen LogP contribution is 2.73. The van der Waals surface area contributed by atoms with Crippen LogP contribution in [0.2, 0.25) is 0 Å². The van der Waals surface area contributed by atoms with E-state index in [0.717, 1.165) is 6.42 Å². The summed E-state index contributed by atoms with van der Waals surface area (Å²) in [4.78, 5) is 0. The molecule has 2 aliphatic rings. The molecule has 2 aliphatic carbocycles. The molecule has 0 amide bonds. The van der Waals surface area contributed by atoms with Crippen LogP contribution in [0, 0.1) is 17.8 Å². The summed E-state index contributed by atoms with van der Waals surface area (Å²) in [5, 5.41) is 9.00. The van der Waals surface area contributed by atoms with Crippen molar-refractivity contribution in [1.29, 1.82) is 0 Å². The summed E-state index contributed by atoms with van der Waals surface area (Å²) < 4.78 is 48.4. The predicted octanol–water partition coefficient (Wildman–Crippen LogP) is 1.52. The maximum atomic E-state index is 12.1. The summed E-state index contributed by atoms with van der Waals surface area (Å²) in [5.74, 6) is -0.984. The molecule has 0 saturated heterocycles. The minimum absolute atomic E-state index is 0.0626. The van der Waals surface area contributed by atoms with Crippen LogP contribution >= 0.6 is 0 Å². The topological polar surface area (TPSA) is 20.2 Å². The van der Waals surface area contributed by atoms with Crippen LogP contribution in [-0.4, -0.2) is 23.6 Å². The van der Waals surface area contributed by atoms with Crippen LogP contribution in [0.15, 0.2) is 0 Å². The lowest BCUT2D eigenvalue weighted by Gasteiger charge is -2.29. The van der Waals surface area contributed by atoms with Gasteiger partial charge in [-0.05, 0) is 18.3 Å². The molecule has 2 saturated carbocycles. The zero-order valence-corrected chi connectivity index (χ0v) is 6.11. The van der Waals surface area contributed by atoms with E-state index in [4.69, 9.17) is 5.11 Å². The standard InChI is InChI=1S/C7H8F4O/c8-2-6(12,7(9,10)11)5-3-1-4(3)5/h3-5,12H,1-2H2. The van der Waals surface area contributed by atoms with Crippen LogP contribution < -0.4 is 0 Å². The molecule has 12 heavy (non-hydrogen) atoms. The van der Waals surface area contributed by atoms with Gasteiger partial charge in [-0.3, -0.25) is 0 Å². The fraction of sp³-hybridized carbons (Fsp3) is 1.00. The Morgan fingerprint density at radius 2 is 1.75 bits per heavy atom. The molecule has 0 aromatic heterocycles. The highest BCUT2D eigenvalue weighted by Gasteiger charge is 2.77. The van der Waals surface area contributed by atoms with E-state index in [9.17, 15) is 17.6 Å². The summed E-state index contributed by atoms with van der Waals surface area (Å²) in [5.41, 5.74) is -3.05. The lowest BCUT2D eigenvalue weighted by Crippen LogP contribution is -2.51. The van der Waals surface area contributed by atoms with E-state index >= 15 is 0 Å². The number of halogens is 4. The molecule has 0 heterocycles. The number of fused-ring (bicyclic) bond motifs is 1. The average molecular weight is 184 g/mol. The van der Waals surface area contributed by atoms with Gasteiger partial charge in [-0.2, -0.15) is 13.2 Å². The highest BCUT2D eigenvalue weighted by molar-refractivity contribution is 5.21. The van der Waals surface area contributed by atoms with Crippen LogP contribution in [-0.2, 0) is 0 Å². The van der Waals surface area contributed by atoms with Gasteiger partial charge in [0.25, 0.3) is 0 Å². The van der Waals surface area contributed by atoms with Gasteiger partial charge in [0.05, 0.1) is 0 Å². The van der Waals surface area contributed by atoms with Gasteiger partial charge in [0, 0.05) is 5.92 Å². The molecular weight excluding hydrogens is 176 g/mol. The average Bonchev–Trinajstić information content (AvgIpc) is 2.69. The Morgan fingerprint density at radius 3 is 1.83 bits per heavy atom. The van der Waals surface area contributed by atoms with Gasteiger partial charge in [-0.15, -0.1) is 0 Å². The van der Waals surface area contributed by atoms with Crippen molar-refractivity contribution in [2.45, 2.75) is 18.2 Å². The molecule has 5 heteroatoms. The summed E-state index contributed by atoms with van der Waals surface area (Å²) >= 11 is 0. The van der Waals surface area contributed by atoms with Crippen molar-refractivity contribution in [2.24, 2.45) is 17.8 Å². The Morgan fingerprint density at radius 1 is 1.25 bits per heavy atom. The van der Waals surface area contributed by atoms with Gasteiger partial charge in [0.15, 0.2) is 5.60 Å². The second-order valence-corrected chi connectivity index (χ2v) is 3.64. The van der Waals surface area contributed by atoms with E-state index in [-0.39, 0.29) is 11.8 Å². The molecule has 0 aromatic rings. The van der Waals surface area contributed by atoms with E-state index in [2.05, 4.69) is 0 Å². The molecule has 3 atom stereocenters. The number of hydrogen-bond acceptors (Lipinski definition) is 1. The summed E-state index contributed by atoms with van der Waals surface area (Å²) in [7, 11) is 0. The van der Waals surface area contributed by atoms with E-state index in [1.807, 2.05) is 0 Å². The third-order valence-corrected chi connectivity index (χ3v) is 2.92. The first-order chi connectivity index (χ1) is 5.42. The largest absolute Gasteiger partial charge is 0.420 e. The SMILES string of the molecule is OC(CF)(C1C2CC21)C(F)(F)F. The molecule has 1 nitrogen and oxygen atoms in total. The third kappa shape index (κ3) is 0.828. The molecule has 2 fully saturated rings. The van der Waals surface area contributed by atoms with Gasteiger partial charge in [-0.25, -0.2) is 4.39 Å². The first kappa shape index (κ1) is 8.29. The quantitative estimate of drug-likeness (QED) is 0.645. The summed E-state index contributed by atoms with van der Waals surface area (Å²) in [6, 6.07) is 0. The maximum absolute atomic E-state index is 12.1. The Bertz CT molecular complexity index is 206. The van der Waals surface area contributed by atoms with Crippen molar-refractivity contribution in [3.8, 4) is 0 Å². The number of hydrogen-bond donors (Lipinski definition) is 1. The third-order valence-electron chi connectivity index (χ3n) is 2.92. The second-order valence-electron chi connectivity index (χ2n) is 3.64. The fourth-order valence-electron chi connectivity index (χ4n) is 1.84. The molecule has 3 unspecified atom stereocenters. The van der Waals surface area contributed by atoms with Crippen LogP contribution in [0.4, 0.5) is 17.6 Å². The van der Waals surface area contributed by atoms with Crippen molar-refractivity contribution < 1.29 is 22.7 Å². The summed E-state index contributed by atoms with van der Waals surface area (Å²) in [6.45, 7) is -1.71. The lowest BCUT2D eigenvalue weighted by molar-refractivity contribution is -0.278. The minimum Gasteiger partial charge on any atom is -0.378 e. The zero-order chi connectivity index (χ0) is 9.15. The van der Waals surface area contributed by atoms with Crippen molar-refractivity contribution in [3.05, 3.63) is 0 Å². The summed E-state index contributed by atoms with van der Waals surface area (Å²) in [6.07, 6.45) is -4.09. The highest BCUT2D eigenvalue weighted by atomic mass is 19.4. The molecule has 70 valence electrons. The van der Waals surface area contributed by atoms with Crippen LogP contribution in [0.1, 0.15) is 6.42 Å². The first-order valence-electron chi connectivity index (χ1n) is 3.77. The van der Waals surface area contributed by atoms with E-state index in [1.165, 1.54) is 0 Å². The lowest BCUT2D eigenvalue weighted by atomic mass is 9.92. The van der Waals surface area contributed by atoms with Gasteiger partial charge < -0.3 is 5.11 Å². The molecule has 0 aromatic carbocycles. The van der Waals surface area contributed by atoms with Crippen LogP contribution in [0.3, 0.4) is 0 Å². The van der Waals surface area contributed by atoms with Crippen molar-refractivity contribution in [1.82, 2.24) is 0 Å². The van der Waals surface area contributed by atoms with E-state index in [1.54, 1.807) is 0 Å². The number of rotatable bonds is 2. The Balaban J connectivity index is 2.13. The zero-order valence-electron chi connectivity index (χ0n) is 6.11. The van der Waals surface area contributed by atoms with Gasteiger partial charge in [0.2, 0.25) is 0 Å². The predicted molar refractivity (Wildman–Crippen MR) is 32.1 cm³/mol. The Hall–Kier alpha value is -0.320. The first-order valence-corrected chi connectivity index (χ1v) is 3.77. The normalized spacial score (nSPS) is 43.2. The Kier molecular flexibility index (Phi) is 1.34. The smallest absolute Gasteiger partial charge is 0.378 e. The number of alkyl halides is 4. The molecule has 0 aliphatic heterocycles. The van der Waals surface area contributed by atoms with E-state index < -0.39 is 24.4 Å². The second kappa shape index (κ2) is 1.95. The molecule has 0 spiro atoms. The van der Waals surface area contributed by atoms with Gasteiger partial charge in [-0.1, -0.05) is 0 Å². The minimum atomic E-state index is -4.82. The van der Waals surface area contributed by atoms with Crippen molar-refractivity contribution in [2.75, 3.05) is 6.67 Å². The number of aliphatic hydroxyl groups is 1. The molecule has 0 radical (unpaired) electrons. The van der Waals surface area contributed by atoms with Crippen molar-refractivity contribution >= 4 is 0 Å². The Labute approximate surface area is 66.4 Å². The van der Waals surface area contributed by atoms with Crippen LogP contribution in [0.5, 0.6) is 0 Å². The van der Waals surface area contributed by atoms with Gasteiger partial charge in [0.1, 0.15) is 6.67 Å². The van der Waals surface area contributed by atoms with E-state index in [0.29, 0.717) is 0 Å². The van der Waals surface area contributed by atoms with Crippen molar-refractivity contribution in [3.63, 3.8) is 0 Å². The van der Waals surface area contributed by atoms with Crippen LogP contribution in [0.25, 0.3) is 0 Å². The van der Waals surface area contributed by atoms with Gasteiger partial charge >= 0.3 is 6.18 Å². The monoisotopic (exact) mass is 184 g/mol. The molecule has 2 rings (SSSR count). The fourth-order valence-corrected chi connectivity index (χ4v) is 1.84. The maximum Gasteiger partial charge on any atom is 0.420 e. The molecule has 0 bridgehead atoms. The molecular formula is C7H8F4O.